The molecule has 0 radical (unpaired) electrons. The van der Waals surface area contributed by atoms with Gasteiger partial charge in [-0.2, -0.15) is 0 Å². The predicted molar refractivity (Wildman–Crippen MR) is 131 cm³/mol. The number of primary sulfonamides is 1. The van der Waals surface area contributed by atoms with Crippen molar-refractivity contribution in [2.75, 3.05) is 19.5 Å². The molecule has 33 heavy (non-hydrogen) atoms. The van der Waals surface area contributed by atoms with E-state index in [9.17, 15) is 13.2 Å². The molecule has 0 aliphatic heterocycles. The molecule has 0 heterocycles. The van der Waals surface area contributed by atoms with Crippen molar-refractivity contribution >= 4 is 27.8 Å². The van der Waals surface area contributed by atoms with E-state index in [1.165, 1.54) is 13.2 Å². The van der Waals surface area contributed by atoms with Crippen molar-refractivity contribution in [3.63, 3.8) is 0 Å². The van der Waals surface area contributed by atoms with Crippen LogP contribution in [-0.4, -0.2) is 34.7 Å². The lowest BCUT2D eigenvalue weighted by atomic mass is 10.1. The molecule has 6 N–H and O–H groups in total. The van der Waals surface area contributed by atoms with E-state index in [4.69, 9.17) is 21.0 Å². The van der Waals surface area contributed by atoms with Crippen LogP contribution >= 0.6 is 0 Å². The number of methoxy groups -OCH3 is 1. The van der Waals surface area contributed by atoms with Gasteiger partial charge < -0.3 is 20.6 Å². The maximum absolute atomic E-state index is 11.5. The summed E-state index contributed by atoms with van der Waals surface area (Å²) in [5, 5.41) is 15.6. The van der Waals surface area contributed by atoms with Crippen LogP contribution in [-0.2, 0) is 21.2 Å². The number of carbonyl (C=O) groups is 1. The molecule has 0 aliphatic carbocycles. The van der Waals surface area contributed by atoms with Gasteiger partial charge in [0, 0.05) is 24.7 Å². The van der Waals surface area contributed by atoms with Crippen LogP contribution in [0.1, 0.15) is 17.5 Å². The molecular formula is C24H28N4O4S. The Labute approximate surface area is 194 Å². The van der Waals surface area contributed by atoms with Gasteiger partial charge in [0.15, 0.2) is 0 Å². The zero-order valence-corrected chi connectivity index (χ0v) is 19.4. The Balaban J connectivity index is 0.000000238. The van der Waals surface area contributed by atoms with E-state index < -0.39 is 10.0 Å². The number of ether oxygens (including phenoxy) is 1. The van der Waals surface area contributed by atoms with Crippen LogP contribution in [0.2, 0.25) is 0 Å². The lowest BCUT2D eigenvalue weighted by molar-refractivity contribution is -0.107. The molecule has 0 fully saturated rings. The molecule has 8 nitrogen and oxygen atoms in total. The summed E-state index contributed by atoms with van der Waals surface area (Å²) in [7, 11) is -0.352. The summed E-state index contributed by atoms with van der Waals surface area (Å²) in [6, 6.07) is 19.6. The molecule has 3 rings (SSSR count). The van der Waals surface area contributed by atoms with Gasteiger partial charge in [-0.3, -0.25) is 5.41 Å². The summed E-state index contributed by atoms with van der Waals surface area (Å²) < 4.78 is 28.1. The Morgan fingerprint density at radius 3 is 2.30 bits per heavy atom. The molecular weight excluding hydrogens is 440 g/mol. The summed E-state index contributed by atoms with van der Waals surface area (Å²) in [5.41, 5.74) is 9.37. The van der Waals surface area contributed by atoms with Crippen LogP contribution in [0.15, 0.2) is 71.6 Å². The van der Waals surface area contributed by atoms with Crippen molar-refractivity contribution in [1.29, 1.82) is 5.41 Å². The first-order chi connectivity index (χ1) is 15.7. The van der Waals surface area contributed by atoms with Gasteiger partial charge in [0.1, 0.15) is 17.9 Å². The summed E-state index contributed by atoms with van der Waals surface area (Å²) in [4.78, 5) is 10.4. The van der Waals surface area contributed by atoms with Gasteiger partial charge in [-0.15, -0.1) is 0 Å². The smallest absolute Gasteiger partial charge is 0.238 e. The number of carbonyl (C=O) groups excluding carboxylic acids is 1. The first kappa shape index (κ1) is 25.6. The third kappa shape index (κ3) is 7.16. The zero-order chi connectivity index (χ0) is 24.4. The summed E-state index contributed by atoms with van der Waals surface area (Å²) >= 11 is 0. The molecule has 0 amide bonds. The number of nitrogens with one attached hydrogen (secondary N) is 2. The fourth-order valence-electron chi connectivity index (χ4n) is 3.12. The summed E-state index contributed by atoms with van der Waals surface area (Å²) in [6.07, 6.45) is 2.01. The van der Waals surface area contributed by atoms with E-state index in [-0.39, 0.29) is 10.7 Å². The van der Waals surface area contributed by atoms with Gasteiger partial charge in [0.2, 0.25) is 10.0 Å². The maximum Gasteiger partial charge on any atom is 0.238 e. The molecule has 9 heteroatoms. The van der Waals surface area contributed by atoms with E-state index >= 15 is 0 Å². The third-order valence-electron chi connectivity index (χ3n) is 4.78. The molecule has 0 saturated heterocycles. The lowest BCUT2D eigenvalue weighted by Crippen LogP contribution is -2.13. The van der Waals surface area contributed by atoms with E-state index in [0.717, 1.165) is 23.1 Å². The monoisotopic (exact) mass is 468 g/mol. The molecule has 3 aromatic rings. The Bertz CT molecular complexity index is 1210. The highest BCUT2D eigenvalue weighted by molar-refractivity contribution is 7.89. The van der Waals surface area contributed by atoms with Crippen LogP contribution < -0.4 is 20.9 Å². The van der Waals surface area contributed by atoms with Gasteiger partial charge in [0.05, 0.1) is 17.6 Å². The van der Waals surface area contributed by atoms with Crippen LogP contribution in [0.4, 0.5) is 5.69 Å². The number of nitrogens with two attached hydrogens (primary N) is 2. The number of rotatable bonds is 8. The molecule has 0 unspecified atom stereocenters. The Morgan fingerprint density at radius 1 is 1.09 bits per heavy atom. The normalized spacial score (nSPS) is 10.5. The van der Waals surface area contributed by atoms with Crippen LogP contribution in [0.3, 0.4) is 0 Å². The van der Waals surface area contributed by atoms with Crippen molar-refractivity contribution < 1.29 is 17.9 Å². The molecule has 0 bridgehead atoms. The van der Waals surface area contributed by atoms with Crippen molar-refractivity contribution in [1.82, 2.24) is 0 Å². The van der Waals surface area contributed by atoms with Crippen LogP contribution in [0.5, 0.6) is 5.75 Å². The lowest BCUT2D eigenvalue weighted by Gasteiger charge is -2.08. The second-order valence-corrected chi connectivity index (χ2v) is 8.55. The maximum atomic E-state index is 11.5. The molecule has 0 atom stereocenters. The number of aryl methyl sites for hydroxylation is 1. The largest absolute Gasteiger partial charge is 0.496 e. The first-order valence-electron chi connectivity index (χ1n) is 10.1. The number of anilines is 1. The average Bonchev–Trinajstić information content (AvgIpc) is 2.82. The van der Waals surface area contributed by atoms with Gasteiger partial charge in [0.25, 0.3) is 0 Å². The second-order valence-electron chi connectivity index (χ2n) is 7.02. The number of benzene rings is 3. The quantitative estimate of drug-likeness (QED) is 0.227. The van der Waals surface area contributed by atoms with Crippen LogP contribution in [0, 0.1) is 5.41 Å². The fraction of sp³-hybridized carbons (Fsp3) is 0.167. The Morgan fingerprint density at radius 2 is 1.76 bits per heavy atom. The topological polar surface area (TPSA) is 148 Å². The highest BCUT2D eigenvalue weighted by atomic mass is 32.2. The molecule has 3 aromatic carbocycles. The molecule has 0 spiro atoms. The SMILES string of the molecule is CNc1ccc(-c2ccccc2S(N)(=O)=O)cc1.COc1ccc(CCC=O)cc1C(=N)N. The number of sulfonamides is 1. The second kappa shape index (κ2) is 11.8. The zero-order valence-electron chi connectivity index (χ0n) is 18.5. The standard InChI is InChI=1S/C13H14N2O2S.C11H14N2O2/c1-15-11-8-6-10(7-9-11)12-4-2-3-5-13(12)18(14,16)17;1-15-10-5-4-8(3-2-6-14)7-9(10)11(12)13/h2-9,15H,1H3,(H2,14,16,17);4-7H,2-3H2,1H3,(H3,12,13). The van der Waals surface area contributed by atoms with Gasteiger partial charge >= 0.3 is 0 Å². The summed E-state index contributed by atoms with van der Waals surface area (Å²) in [5.74, 6) is 0.553. The fourth-order valence-corrected chi connectivity index (χ4v) is 3.88. The summed E-state index contributed by atoms with van der Waals surface area (Å²) in [6.45, 7) is 0. The number of nitrogen functional groups attached to an aromatic ring is 1. The minimum atomic E-state index is -3.71. The highest BCUT2D eigenvalue weighted by Gasteiger charge is 2.14. The van der Waals surface area contributed by atoms with Crippen molar-refractivity contribution in [2.24, 2.45) is 10.9 Å². The van der Waals surface area contributed by atoms with Crippen molar-refractivity contribution in [2.45, 2.75) is 17.7 Å². The number of hydrogen-bond donors (Lipinski definition) is 4. The van der Waals surface area contributed by atoms with E-state index in [0.29, 0.717) is 29.7 Å². The number of aldehydes is 1. The van der Waals surface area contributed by atoms with E-state index in [2.05, 4.69) is 5.32 Å². The van der Waals surface area contributed by atoms with Crippen molar-refractivity contribution in [3.8, 4) is 16.9 Å². The average molecular weight is 469 g/mol. The van der Waals surface area contributed by atoms with Crippen LogP contribution in [0.25, 0.3) is 11.1 Å². The van der Waals surface area contributed by atoms with Gasteiger partial charge in [-0.25, -0.2) is 13.6 Å². The minimum absolute atomic E-state index is 0.0280. The Kier molecular flexibility index (Phi) is 9.14. The minimum Gasteiger partial charge on any atom is -0.496 e. The highest BCUT2D eigenvalue weighted by Crippen LogP contribution is 2.27. The van der Waals surface area contributed by atoms with E-state index in [1.54, 1.807) is 30.3 Å². The van der Waals surface area contributed by atoms with Gasteiger partial charge in [-0.05, 0) is 47.9 Å². The molecule has 0 aliphatic rings. The van der Waals surface area contributed by atoms with Crippen molar-refractivity contribution in [3.05, 3.63) is 77.9 Å². The van der Waals surface area contributed by atoms with Gasteiger partial charge in [-0.1, -0.05) is 36.4 Å². The van der Waals surface area contributed by atoms with E-state index in [1.807, 2.05) is 37.4 Å². The number of hydrogen-bond acceptors (Lipinski definition) is 6. The molecule has 0 aromatic heterocycles. The first-order valence-corrected chi connectivity index (χ1v) is 11.6. The predicted octanol–water partition coefficient (Wildman–Crippen LogP) is 3.15. The third-order valence-corrected chi connectivity index (χ3v) is 5.75. The Hall–Kier alpha value is -3.69. The number of amidine groups is 1. The molecule has 0 saturated carbocycles. The molecule has 174 valence electrons.